The summed E-state index contributed by atoms with van der Waals surface area (Å²) in [5.74, 6) is 1.06. The molecule has 0 aliphatic heterocycles. The van der Waals surface area contributed by atoms with Crippen molar-refractivity contribution in [1.29, 1.82) is 0 Å². The van der Waals surface area contributed by atoms with Crippen LogP contribution in [-0.4, -0.2) is 37.7 Å². The van der Waals surface area contributed by atoms with Gasteiger partial charge in [0.15, 0.2) is 11.5 Å². The van der Waals surface area contributed by atoms with E-state index in [9.17, 15) is 4.79 Å². The standard InChI is InChI=1S/C29H31N3O3/c1-6-32(19(2)3)22-14-12-21(13-15-22)30-29(33)24-18-26(31-25-10-8-7-9-23(24)25)20-11-16-27(34-4)28(17-20)35-5/h7-19H,6H2,1-5H3,(H,30,33). The van der Waals surface area contributed by atoms with Crippen molar-refractivity contribution in [2.24, 2.45) is 0 Å². The molecule has 1 heterocycles. The smallest absolute Gasteiger partial charge is 0.256 e. The molecule has 4 aromatic rings. The monoisotopic (exact) mass is 469 g/mol. The minimum atomic E-state index is -0.186. The highest BCUT2D eigenvalue weighted by Gasteiger charge is 2.16. The van der Waals surface area contributed by atoms with E-state index in [1.165, 1.54) is 0 Å². The molecule has 0 fully saturated rings. The number of rotatable bonds is 8. The van der Waals surface area contributed by atoms with Crippen LogP contribution < -0.4 is 19.7 Å². The fourth-order valence-corrected chi connectivity index (χ4v) is 4.29. The molecule has 0 unspecified atom stereocenters. The molecule has 0 aliphatic rings. The summed E-state index contributed by atoms with van der Waals surface area (Å²) in [6.07, 6.45) is 0. The number of amides is 1. The van der Waals surface area contributed by atoms with Gasteiger partial charge in [0, 0.05) is 34.9 Å². The molecule has 1 N–H and O–H groups in total. The van der Waals surface area contributed by atoms with Gasteiger partial charge in [0.2, 0.25) is 0 Å². The van der Waals surface area contributed by atoms with Gasteiger partial charge in [0.1, 0.15) is 0 Å². The van der Waals surface area contributed by atoms with Crippen molar-refractivity contribution in [1.82, 2.24) is 4.98 Å². The maximum Gasteiger partial charge on any atom is 0.256 e. The summed E-state index contributed by atoms with van der Waals surface area (Å²) in [6.45, 7) is 7.40. The lowest BCUT2D eigenvalue weighted by Gasteiger charge is -2.27. The maximum atomic E-state index is 13.4. The first-order valence-electron chi connectivity index (χ1n) is 11.8. The molecule has 0 aliphatic carbocycles. The number of nitrogens with one attached hydrogen (secondary N) is 1. The molecule has 6 heteroatoms. The second kappa shape index (κ2) is 10.5. The topological polar surface area (TPSA) is 63.7 Å². The van der Waals surface area contributed by atoms with E-state index in [2.05, 4.69) is 31.0 Å². The number of fused-ring (bicyclic) bond motifs is 1. The summed E-state index contributed by atoms with van der Waals surface area (Å²) in [4.78, 5) is 20.5. The molecule has 0 atom stereocenters. The van der Waals surface area contributed by atoms with Crippen molar-refractivity contribution in [2.75, 3.05) is 31.0 Å². The van der Waals surface area contributed by atoms with Crippen molar-refractivity contribution < 1.29 is 14.3 Å². The van der Waals surface area contributed by atoms with Crippen molar-refractivity contribution in [3.63, 3.8) is 0 Å². The second-order valence-corrected chi connectivity index (χ2v) is 8.52. The predicted molar refractivity (Wildman–Crippen MR) is 143 cm³/mol. The number of aromatic nitrogens is 1. The molecule has 180 valence electrons. The van der Waals surface area contributed by atoms with E-state index in [4.69, 9.17) is 14.5 Å². The maximum absolute atomic E-state index is 13.4. The van der Waals surface area contributed by atoms with Crippen molar-refractivity contribution >= 4 is 28.2 Å². The quantitative estimate of drug-likeness (QED) is 0.323. The van der Waals surface area contributed by atoms with Crippen LogP contribution in [0.4, 0.5) is 11.4 Å². The first-order valence-corrected chi connectivity index (χ1v) is 11.8. The molecule has 1 aromatic heterocycles. The Morgan fingerprint density at radius 3 is 2.31 bits per heavy atom. The number of para-hydroxylation sites is 1. The fraction of sp³-hybridized carbons (Fsp3) is 0.241. The van der Waals surface area contributed by atoms with Crippen molar-refractivity contribution in [2.45, 2.75) is 26.8 Å². The molecule has 0 saturated heterocycles. The zero-order valence-corrected chi connectivity index (χ0v) is 20.8. The van der Waals surface area contributed by atoms with Gasteiger partial charge in [0.05, 0.1) is 31.0 Å². The van der Waals surface area contributed by atoms with Gasteiger partial charge in [-0.3, -0.25) is 4.79 Å². The third kappa shape index (κ3) is 5.06. The largest absolute Gasteiger partial charge is 0.493 e. The van der Waals surface area contributed by atoms with Gasteiger partial charge in [-0.05, 0) is 75.4 Å². The summed E-state index contributed by atoms with van der Waals surface area (Å²) in [7, 11) is 3.20. The predicted octanol–water partition coefficient (Wildman–Crippen LogP) is 6.41. The minimum Gasteiger partial charge on any atom is -0.493 e. The Morgan fingerprint density at radius 1 is 0.943 bits per heavy atom. The van der Waals surface area contributed by atoms with Crippen LogP contribution >= 0.6 is 0 Å². The number of benzene rings is 3. The van der Waals surface area contributed by atoms with Gasteiger partial charge in [-0.25, -0.2) is 4.98 Å². The highest BCUT2D eigenvalue weighted by molar-refractivity contribution is 6.13. The molecular formula is C29H31N3O3. The van der Waals surface area contributed by atoms with Crippen molar-refractivity contribution in [3.8, 4) is 22.8 Å². The molecule has 0 bridgehead atoms. The Labute approximate surface area is 206 Å². The van der Waals surface area contributed by atoms with Crippen LogP contribution in [0.1, 0.15) is 31.1 Å². The van der Waals surface area contributed by atoms with Crippen LogP contribution in [0.15, 0.2) is 72.8 Å². The minimum absolute atomic E-state index is 0.186. The van der Waals surface area contributed by atoms with Crippen molar-refractivity contribution in [3.05, 3.63) is 78.4 Å². The normalized spacial score (nSPS) is 10.9. The van der Waals surface area contributed by atoms with Gasteiger partial charge in [-0.15, -0.1) is 0 Å². The third-order valence-electron chi connectivity index (χ3n) is 6.06. The SMILES string of the molecule is CCN(c1ccc(NC(=O)c2cc(-c3ccc(OC)c(OC)c3)nc3ccccc23)cc1)C(C)C. The highest BCUT2D eigenvalue weighted by atomic mass is 16.5. The number of carbonyl (C=O) groups excluding carboxylic acids is 1. The summed E-state index contributed by atoms with van der Waals surface area (Å²) in [5.41, 5.74) is 4.69. The fourth-order valence-electron chi connectivity index (χ4n) is 4.29. The lowest BCUT2D eigenvalue weighted by atomic mass is 10.0. The number of hydrogen-bond acceptors (Lipinski definition) is 5. The number of nitrogens with zero attached hydrogens (tertiary/aromatic N) is 2. The average molecular weight is 470 g/mol. The Bertz CT molecular complexity index is 1330. The van der Waals surface area contributed by atoms with Crippen LogP contribution in [0.2, 0.25) is 0 Å². The zero-order chi connectivity index (χ0) is 24.9. The number of pyridine rings is 1. The molecule has 0 radical (unpaired) electrons. The number of anilines is 2. The first kappa shape index (κ1) is 24.1. The van der Waals surface area contributed by atoms with E-state index in [1.54, 1.807) is 14.2 Å². The van der Waals surface area contributed by atoms with E-state index in [1.807, 2.05) is 72.8 Å². The van der Waals surface area contributed by atoms with Crippen LogP contribution in [0.25, 0.3) is 22.2 Å². The third-order valence-corrected chi connectivity index (χ3v) is 6.06. The van der Waals surface area contributed by atoms with Gasteiger partial charge >= 0.3 is 0 Å². The van der Waals surface area contributed by atoms with Crippen LogP contribution in [-0.2, 0) is 0 Å². The Balaban J connectivity index is 1.69. The molecule has 35 heavy (non-hydrogen) atoms. The number of carbonyl (C=O) groups is 1. The van der Waals surface area contributed by atoms with E-state index >= 15 is 0 Å². The average Bonchev–Trinajstić information content (AvgIpc) is 2.88. The van der Waals surface area contributed by atoms with Gasteiger partial charge in [0.25, 0.3) is 5.91 Å². The van der Waals surface area contributed by atoms with E-state index < -0.39 is 0 Å². The summed E-state index contributed by atoms with van der Waals surface area (Å²) >= 11 is 0. The molecule has 1 amide bonds. The first-order chi connectivity index (χ1) is 16.9. The summed E-state index contributed by atoms with van der Waals surface area (Å²) < 4.78 is 10.8. The lowest BCUT2D eigenvalue weighted by molar-refractivity contribution is 0.102. The summed E-state index contributed by atoms with van der Waals surface area (Å²) in [5, 5.41) is 3.85. The van der Waals surface area contributed by atoms with Gasteiger partial charge in [-0.2, -0.15) is 0 Å². The molecular weight excluding hydrogens is 438 g/mol. The lowest BCUT2D eigenvalue weighted by Crippen LogP contribution is -2.30. The van der Waals surface area contributed by atoms with Crippen LogP contribution in [0.5, 0.6) is 11.5 Å². The van der Waals surface area contributed by atoms with E-state index in [0.29, 0.717) is 28.8 Å². The molecule has 4 rings (SSSR count). The van der Waals surface area contributed by atoms with E-state index in [0.717, 1.165) is 34.4 Å². The number of methoxy groups -OCH3 is 2. The summed E-state index contributed by atoms with van der Waals surface area (Å²) in [6, 6.07) is 23.5. The van der Waals surface area contributed by atoms with Gasteiger partial charge < -0.3 is 19.7 Å². The number of hydrogen-bond donors (Lipinski definition) is 1. The Hall–Kier alpha value is -4.06. The molecule has 6 nitrogen and oxygen atoms in total. The van der Waals surface area contributed by atoms with E-state index in [-0.39, 0.29) is 5.91 Å². The van der Waals surface area contributed by atoms with Gasteiger partial charge in [-0.1, -0.05) is 18.2 Å². The van der Waals surface area contributed by atoms with Crippen LogP contribution in [0, 0.1) is 0 Å². The number of ether oxygens (including phenoxy) is 2. The molecule has 0 saturated carbocycles. The second-order valence-electron chi connectivity index (χ2n) is 8.52. The molecule has 3 aromatic carbocycles. The zero-order valence-electron chi connectivity index (χ0n) is 20.8. The van der Waals surface area contributed by atoms with Crippen LogP contribution in [0.3, 0.4) is 0 Å². The Morgan fingerprint density at radius 2 is 1.66 bits per heavy atom. The highest BCUT2D eigenvalue weighted by Crippen LogP contribution is 2.33. The molecule has 0 spiro atoms. The Kier molecular flexibility index (Phi) is 7.20.